The topological polar surface area (TPSA) is 58.6 Å². The first-order chi connectivity index (χ1) is 14.2. The van der Waals surface area contributed by atoms with Crippen LogP contribution in [0, 0.1) is 5.92 Å². The number of carbonyl (C=O) groups is 2. The van der Waals surface area contributed by atoms with Crippen LogP contribution >= 0.6 is 39.1 Å². The highest BCUT2D eigenvalue weighted by molar-refractivity contribution is 9.10. The lowest BCUT2D eigenvalue weighted by Gasteiger charge is -2.29. The normalized spacial score (nSPS) is 11.8. The molecule has 0 bridgehead atoms. The fraction of sp³-hybridized carbons (Fsp3) is 0.364. The van der Waals surface area contributed by atoms with Crippen molar-refractivity contribution in [2.45, 2.75) is 33.4 Å². The summed E-state index contributed by atoms with van der Waals surface area (Å²) in [5.74, 6) is 0.344. The van der Waals surface area contributed by atoms with Gasteiger partial charge in [0.1, 0.15) is 11.8 Å². The summed E-state index contributed by atoms with van der Waals surface area (Å²) >= 11 is 15.5. The minimum Gasteiger partial charge on any atom is -0.484 e. The van der Waals surface area contributed by atoms with Gasteiger partial charge in [-0.15, -0.1) is 0 Å². The van der Waals surface area contributed by atoms with Crippen molar-refractivity contribution in [2.75, 3.05) is 13.2 Å². The number of benzene rings is 2. The Labute approximate surface area is 195 Å². The van der Waals surface area contributed by atoms with Gasteiger partial charge in [-0.2, -0.15) is 0 Å². The van der Waals surface area contributed by atoms with Crippen molar-refractivity contribution in [1.29, 1.82) is 0 Å². The summed E-state index contributed by atoms with van der Waals surface area (Å²) in [5, 5.41) is 3.70. The van der Waals surface area contributed by atoms with E-state index in [1.807, 2.05) is 26.0 Å². The van der Waals surface area contributed by atoms with Crippen LogP contribution in [0.5, 0.6) is 5.75 Å². The number of hydrogen-bond donors (Lipinski definition) is 1. The van der Waals surface area contributed by atoms with Crippen molar-refractivity contribution in [3.05, 3.63) is 62.5 Å². The summed E-state index contributed by atoms with van der Waals surface area (Å²) in [4.78, 5) is 27.1. The SMILES string of the molecule is CC(C)CNC(=O)[C@H](C)N(Cc1ccc(Cl)c(Cl)c1)C(=O)COc1ccc(Br)cc1. The van der Waals surface area contributed by atoms with Crippen molar-refractivity contribution >= 4 is 50.9 Å². The zero-order valence-corrected chi connectivity index (χ0v) is 20.2. The Kier molecular flexibility index (Phi) is 9.46. The molecule has 0 unspecified atom stereocenters. The molecular weight excluding hydrogens is 491 g/mol. The smallest absolute Gasteiger partial charge is 0.261 e. The van der Waals surface area contributed by atoms with Crippen LogP contribution in [0.15, 0.2) is 46.9 Å². The van der Waals surface area contributed by atoms with Gasteiger partial charge < -0.3 is 15.0 Å². The van der Waals surface area contributed by atoms with Crippen LogP contribution < -0.4 is 10.1 Å². The monoisotopic (exact) mass is 514 g/mol. The third-order valence-corrected chi connectivity index (χ3v) is 5.63. The van der Waals surface area contributed by atoms with Crippen molar-refractivity contribution < 1.29 is 14.3 Å². The Morgan fingerprint density at radius 3 is 2.33 bits per heavy atom. The van der Waals surface area contributed by atoms with Crippen LogP contribution in [-0.2, 0) is 16.1 Å². The first-order valence-corrected chi connectivity index (χ1v) is 11.1. The van der Waals surface area contributed by atoms with Gasteiger partial charge in [0, 0.05) is 17.6 Å². The number of rotatable bonds is 9. The zero-order valence-electron chi connectivity index (χ0n) is 17.1. The van der Waals surface area contributed by atoms with Gasteiger partial charge in [-0.25, -0.2) is 0 Å². The molecule has 0 aromatic heterocycles. The summed E-state index contributed by atoms with van der Waals surface area (Å²) in [6.07, 6.45) is 0. The van der Waals surface area contributed by atoms with Crippen LogP contribution in [0.25, 0.3) is 0 Å². The van der Waals surface area contributed by atoms with Gasteiger partial charge in [-0.3, -0.25) is 9.59 Å². The lowest BCUT2D eigenvalue weighted by Crippen LogP contribution is -2.49. The van der Waals surface area contributed by atoms with Crippen LogP contribution in [0.2, 0.25) is 10.0 Å². The van der Waals surface area contributed by atoms with Gasteiger partial charge in [0.25, 0.3) is 5.91 Å². The summed E-state index contributed by atoms with van der Waals surface area (Å²) in [6, 6.07) is 11.6. The Hall–Kier alpha value is -1.76. The second kappa shape index (κ2) is 11.6. The average molecular weight is 516 g/mol. The standard InChI is InChI=1S/C22H25BrCl2N2O3/c1-14(2)11-26-22(29)15(3)27(12-16-4-9-19(24)20(25)10-16)21(28)13-30-18-7-5-17(23)6-8-18/h4-10,14-15H,11-13H2,1-3H3,(H,26,29)/t15-/m0/s1. The van der Waals surface area contributed by atoms with Gasteiger partial charge in [-0.1, -0.05) is 59.0 Å². The van der Waals surface area contributed by atoms with Crippen molar-refractivity contribution in [3.8, 4) is 5.75 Å². The molecule has 0 fully saturated rings. The average Bonchev–Trinajstić information content (AvgIpc) is 2.71. The molecule has 30 heavy (non-hydrogen) atoms. The summed E-state index contributed by atoms with van der Waals surface area (Å²) in [6.45, 7) is 6.27. The number of halogens is 3. The maximum absolute atomic E-state index is 13.0. The van der Waals surface area contributed by atoms with Gasteiger partial charge in [-0.05, 0) is 54.8 Å². The highest BCUT2D eigenvalue weighted by Crippen LogP contribution is 2.24. The minimum atomic E-state index is -0.681. The fourth-order valence-corrected chi connectivity index (χ4v) is 3.21. The van der Waals surface area contributed by atoms with Crippen molar-refractivity contribution in [2.24, 2.45) is 5.92 Å². The number of nitrogens with one attached hydrogen (secondary N) is 1. The van der Waals surface area contributed by atoms with E-state index >= 15 is 0 Å². The Morgan fingerprint density at radius 2 is 1.73 bits per heavy atom. The highest BCUT2D eigenvalue weighted by Gasteiger charge is 2.26. The largest absolute Gasteiger partial charge is 0.484 e. The number of ether oxygens (including phenoxy) is 1. The molecule has 162 valence electrons. The second-order valence-electron chi connectivity index (χ2n) is 7.33. The summed E-state index contributed by atoms with van der Waals surface area (Å²) < 4.78 is 6.54. The first kappa shape index (κ1) is 24.5. The number of carbonyl (C=O) groups excluding carboxylic acids is 2. The predicted octanol–water partition coefficient (Wildman–Crippen LogP) is 5.32. The lowest BCUT2D eigenvalue weighted by atomic mass is 10.1. The molecule has 0 aliphatic heterocycles. The van der Waals surface area contributed by atoms with Crippen molar-refractivity contribution in [3.63, 3.8) is 0 Å². The Bertz CT molecular complexity index is 875. The number of nitrogens with zero attached hydrogens (tertiary/aromatic N) is 1. The molecular formula is C22H25BrCl2N2O3. The van der Waals surface area contributed by atoms with E-state index in [0.717, 1.165) is 10.0 Å². The van der Waals surface area contributed by atoms with Gasteiger partial charge in [0.05, 0.1) is 10.0 Å². The second-order valence-corrected chi connectivity index (χ2v) is 9.06. The molecule has 0 aliphatic carbocycles. The van der Waals surface area contributed by atoms with E-state index in [4.69, 9.17) is 27.9 Å². The van der Waals surface area contributed by atoms with E-state index in [0.29, 0.717) is 28.3 Å². The van der Waals surface area contributed by atoms with E-state index in [2.05, 4.69) is 21.2 Å². The summed E-state index contributed by atoms with van der Waals surface area (Å²) in [7, 11) is 0. The molecule has 2 rings (SSSR count). The van der Waals surface area contributed by atoms with Crippen molar-refractivity contribution in [1.82, 2.24) is 10.2 Å². The third kappa shape index (κ3) is 7.49. The Morgan fingerprint density at radius 1 is 1.07 bits per heavy atom. The molecule has 0 spiro atoms. The van der Waals surface area contributed by atoms with E-state index in [1.165, 1.54) is 4.90 Å². The predicted molar refractivity (Wildman–Crippen MR) is 124 cm³/mol. The molecule has 0 radical (unpaired) electrons. The summed E-state index contributed by atoms with van der Waals surface area (Å²) in [5.41, 5.74) is 0.768. The maximum Gasteiger partial charge on any atom is 0.261 e. The van der Waals surface area contributed by atoms with Gasteiger partial charge in [0.15, 0.2) is 6.61 Å². The molecule has 2 aromatic rings. The zero-order chi connectivity index (χ0) is 22.3. The number of amides is 2. The maximum atomic E-state index is 13.0. The van der Waals surface area contributed by atoms with Crippen LogP contribution in [-0.4, -0.2) is 35.9 Å². The first-order valence-electron chi connectivity index (χ1n) is 9.57. The third-order valence-electron chi connectivity index (χ3n) is 4.36. The molecule has 2 amide bonds. The molecule has 0 aliphatic rings. The van der Waals surface area contributed by atoms with Crippen LogP contribution in [0.1, 0.15) is 26.3 Å². The molecule has 5 nitrogen and oxygen atoms in total. The van der Waals surface area contributed by atoms with E-state index in [1.54, 1.807) is 37.3 Å². The van der Waals surface area contributed by atoms with Crippen LogP contribution in [0.4, 0.5) is 0 Å². The quantitative estimate of drug-likeness (QED) is 0.491. The molecule has 2 aromatic carbocycles. The van der Waals surface area contributed by atoms with Gasteiger partial charge >= 0.3 is 0 Å². The minimum absolute atomic E-state index is 0.190. The van der Waals surface area contributed by atoms with E-state index < -0.39 is 6.04 Å². The van der Waals surface area contributed by atoms with E-state index in [-0.39, 0.29) is 25.0 Å². The molecule has 8 heteroatoms. The Balaban J connectivity index is 2.15. The lowest BCUT2D eigenvalue weighted by molar-refractivity contribution is -0.142. The van der Waals surface area contributed by atoms with E-state index in [9.17, 15) is 9.59 Å². The molecule has 0 saturated carbocycles. The fourth-order valence-electron chi connectivity index (χ4n) is 2.63. The number of hydrogen-bond acceptors (Lipinski definition) is 3. The van der Waals surface area contributed by atoms with Crippen LogP contribution in [0.3, 0.4) is 0 Å². The molecule has 0 saturated heterocycles. The highest BCUT2D eigenvalue weighted by atomic mass is 79.9. The van der Waals surface area contributed by atoms with Gasteiger partial charge in [0.2, 0.25) is 5.91 Å². The molecule has 1 atom stereocenters. The molecule has 0 heterocycles. The molecule has 1 N–H and O–H groups in total.